The van der Waals surface area contributed by atoms with Crippen LogP contribution in [0.5, 0.6) is 11.5 Å². The summed E-state index contributed by atoms with van der Waals surface area (Å²) in [5.74, 6) is -1.80. The Kier molecular flexibility index (Phi) is 8.46. The minimum atomic E-state index is -4.74. The lowest BCUT2D eigenvalue weighted by atomic mass is 10.3. The van der Waals surface area contributed by atoms with E-state index >= 15 is 0 Å². The maximum atomic E-state index is 11.9. The van der Waals surface area contributed by atoms with E-state index in [4.69, 9.17) is 0 Å². The first-order valence-corrected chi connectivity index (χ1v) is 9.94. The first kappa shape index (κ1) is 27.4. The number of carbonyl (C=O) groups excluding carboxylic acids is 2. The van der Waals surface area contributed by atoms with Gasteiger partial charge in [-0.15, -0.1) is 26.3 Å². The number of halogens is 6. The van der Waals surface area contributed by atoms with Crippen LogP contribution in [0.1, 0.15) is 21.0 Å². The van der Waals surface area contributed by atoms with Gasteiger partial charge >= 0.3 is 12.7 Å². The summed E-state index contributed by atoms with van der Waals surface area (Å²) in [6, 6.07) is 9.46. The smallest absolute Gasteiger partial charge is 0.406 e. The fourth-order valence-electron chi connectivity index (χ4n) is 2.49. The maximum absolute atomic E-state index is 11.9. The largest absolute Gasteiger partial charge is 0.573 e. The van der Waals surface area contributed by atoms with Crippen LogP contribution in [0.25, 0.3) is 0 Å². The summed E-state index contributed by atoms with van der Waals surface area (Å²) < 4.78 is 79.0. The van der Waals surface area contributed by atoms with Crippen molar-refractivity contribution in [1.29, 1.82) is 0 Å². The van der Waals surface area contributed by atoms with Crippen molar-refractivity contribution < 1.29 is 45.4 Å². The summed E-state index contributed by atoms with van der Waals surface area (Å²) >= 11 is 0. The van der Waals surface area contributed by atoms with Crippen molar-refractivity contribution in [3.63, 3.8) is 0 Å². The summed E-state index contributed by atoms with van der Waals surface area (Å²) in [5.41, 5.74) is 0.747. The fourth-order valence-corrected chi connectivity index (χ4v) is 2.49. The molecule has 0 spiro atoms. The number of ether oxygens (including phenoxy) is 2. The fraction of sp³-hybridized carbons (Fsp3) is 0.100. The van der Waals surface area contributed by atoms with Gasteiger partial charge in [-0.3, -0.25) is 9.59 Å². The van der Waals surface area contributed by atoms with Crippen LogP contribution in [0.4, 0.5) is 37.7 Å². The van der Waals surface area contributed by atoms with Gasteiger partial charge in [0.25, 0.3) is 11.8 Å². The van der Waals surface area contributed by atoms with Gasteiger partial charge in [0.15, 0.2) is 11.4 Å². The van der Waals surface area contributed by atoms with Gasteiger partial charge in [-0.25, -0.2) is 0 Å². The van der Waals surface area contributed by atoms with Crippen LogP contribution in [-0.4, -0.2) is 55.4 Å². The highest BCUT2D eigenvalue weighted by molar-refractivity contribution is 6.03. The molecule has 0 bridgehead atoms. The number of aromatic amines is 2. The molecular weight excluding hydrogens is 530 g/mol. The number of alkyl halides is 6. The number of H-pyrrole nitrogens is 2. The number of nitrogens with zero attached hydrogens (tertiary/aromatic N) is 4. The van der Waals surface area contributed by atoms with E-state index in [0.29, 0.717) is 11.4 Å². The summed E-state index contributed by atoms with van der Waals surface area (Å²) in [6.07, 6.45) is -7.05. The molecule has 18 heteroatoms. The summed E-state index contributed by atoms with van der Waals surface area (Å²) in [4.78, 5) is 23.1. The molecular formula is C20H14F6N8O4. The molecule has 0 saturated heterocycles. The third-order valence-electron chi connectivity index (χ3n) is 3.99. The molecule has 4 rings (SSSR count). The Morgan fingerprint density at radius 3 is 1.24 bits per heavy atom. The zero-order valence-electron chi connectivity index (χ0n) is 18.5. The van der Waals surface area contributed by atoms with Crippen molar-refractivity contribution in [2.24, 2.45) is 0 Å². The SMILES string of the molecule is O=C(Nc1ccc(OC(F)(F)F)cc1)c1cn[nH]n1.O=C(Nc1ccc(OC(F)(F)F)cc1)c1cn[nH]n1. The second kappa shape index (κ2) is 11.7. The van der Waals surface area contributed by atoms with Gasteiger partial charge in [-0.1, -0.05) is 0 Å². The van der Waals surface area contributed by atoms with E-state index in [9.17, 15) is 35.9 Å². The molecule has 0 unspecified atom stereocenters. The van der Waals surface area contributed by atoms with Crippen molar-refractivity contribution in [3.05, 3.63) is 72.3 Å². The Morgan fingerprint density at radius 2 is 0.974 bits per heavy atom. The number of anilines is 2. The Morgan fingerprint density at radius 1 is 0.632 bits per heavy atom. The lowest BCUT2D eigenvalue weighted by Gasteiger charge is -2.09. The van der Waals surface area contributed by atoms with Gasteiger partial charge in [-0.05, 0) is 48.5 Å². The molecule has 38 heavy (non-hydrogen) atoms. The van der Waals surface area contributed by atoms with Gasteiger partial charge in [0, 0.05) is 11.4 Å². The van der Waals surface area contributed by atoms with Crippen LogP contribution < -0.4 is 20.1 Å². The monoisotopic (exact) mass is 544 g/mol. The molecule has 0 saturated carbocycles. The van der Waals surface area contributed by atoms with Crippen LogP contribution in [0, 0.1) is 0 Å². The van der Waals surface area contributed by atoms with Crippen molar-refractivity contribution in [1.82, 2.24) is 30.8 Å². The molecule has 0 fully saturated rings. The van der Waals surface area contributed by atoms with Crippen LogP contribution in [0.15, 0.2) is 60.9 Å². The quantitative estimate of drug-likeness (QED) is 0.266. The van der Waals surface area contributed by atoms with Gasteiger partial charge in [-0.2, -0.15) is 30.8 Å². The Hall–Kier alpha value is -5.16. The Bertz CT molecular complexity index is 1210. The third-order valence-corrected chi connectivity index (χ3v) is 3.99. The number of hydrogen-bond acceptors (Lipinski definition) is 8. The van der Waals surface area contributed by atoms with Crippen LogP contribution in [-0.2, 0) is 0 Å². The second-order valence-corrected chi connectivity index (χ2v) is 6.76. The molecule has 2 amide bonds. The summed E-state index contributed by atoms with van der Waals surface area (Å²) in [6.45, 7) is 0. The highest BCUT2D eigenvalue weighted by Gasteiger charge is 2.31. The third kappa shape index (κ3) is 9.13. The summed E-state index contributed by atoms with van der Waals surface area (Å²) in [7, 11) is 0. The predicted molar refractivity (Wildman–Crippen MR) is 115 cm³/mol. The normalized spacial score (nSPS) is 11.1. The van der Waals surface area contributed by atoms with E-state index in [1.54, 1.807) is 0 Å². The Labute approximate surface area is 207 Å². The minimum absolute atomic E-state index is 0.0654. The average Bonchev–Trinajstić information content (AvgIpc) is 3.55. The van der Waals surface area contributed by atoms with E-state index in [0.717, 1.165) is 24.3 Å². The lowest BCUT2D eigenvalue weighted by molar-refractivity contribution is -0.275. The van der Waals surface area contributed by atoms with E-state index in [1.807, 2.05) is 0 Å². The molecule has 2 heterocycles. The standard InChI is InChI=1S/2C10H7F3N4O2/c2*11-10(12,13)19-7-3-1-6(2-4-7)15-9(18)8-5-14-17-16-8/h2*1-5H,(H,15,18)(H,14,16,17). The topological polar surface area (TPSA) is 160 Å². The molecule has 0 atom stereocenters. The van der Waals surface area contributed by atoms with Gasteiger partial charge in [0.2, 0.25) is 0 Å². The average molecular weight is 544 g/mol. The highest BCUT2D eigenvalue weighted by atomic mass is 19.4. The van der Waals surface area contributed by atoms with Crippen LogP contribution in [0.3, 0.4) is 0 Å². The molecule has 200 valence electrons. The van der Waals surface area contributed by atoms with Crippen molar-refractivity contribution in [2.45, 2.75) is 12.7 Å². The predicted octanol–water partition coefficient (Wildman–Crippen LogP) is 3.91. The van der Waals surface area contributed by atoms with Crippen molar-refractivity contribution in [3.8, 4) is 11.5 Å². The molecule has 12 nitrogen and oxygen atoms in total. The van der Waals surface area contributed by atoms with Gasteiger partial charge in [0.05, 0.1) is 12.4 Å². The number of amides is 2. The van der Waals surface area contributed by atoms with Crippen molar-refractivity contribution >= 4 is 23.2 Å². The molecule has 4 N–H and O–H groups in total. The summed E-state index contributed by atoms with van der Waals surface area (Å²) in [5, 5.41) is 23.4. The highest BCUT2D eigenvalue weighted by Crippen LogP contribution is 2.25. The maximum Gasteiger partial charge on any atom is 0.573 e. The molecule has 4 aromatic rings. The number of benzene rings is 2. The first-order chi connectivity index (χ1) is 17.9. The number of aromatic nitrogens is 6. The molecule has 2 aromatic carbocycles. The molecule has 0 aliphatic carbocycles. The zero-order valence-corrected chi connectivity index (χ0v) is 18.5. The lowest BCUT2D eigenvalue weighted by Crippen LogP contribution is -2.17. The minimum Gasteiger partial charge on any atom is -0.406 e. The van der Waals surface area contributed by atoms with E-state index in [1.165, 1.54) is 36.7 Å². The van der Waals surface area contributed by atoms with Crippen LogP contribution >= 0.6 is 0 Å². The Balaban J connectivity index is 0.000000211. The van der Waals surface area contributed by atoms with Gasteiger partial charge < -0.3 is 20.1 Å². The first-order valence-electron chi connectivity index (χ1n) is 9.94. The molecule has 0 aliphatic rings. The molecule has 0 radical (unpaired) electrons. The van der Waals surface area contributed by atoms with E-state index < -0.39 is 24.5 Å². The van der Waals surface area contributed by atoms with E-state index in [2.05, 4.69) is 50.9 Å². The molecule has 0 aliphatic heterocycles. The number of nitrogens with one attached hydrogen (secondary N) is 4. The number of hydrogen-bond donors (Lipinski definition) is 4. The van der Waals surface area contributed by atoms with Gasteiger partial charge in [0.1, 0.15) is 11.5 Å². The number of carbonyl (C=O) groups is 2. The molecule has 2 aromatic heterocycles. The van der Waals surface area contributed by atoms with Crippen molar-refractivity contribution in [2.75, 3.05) is 10.6 Å². The van der Waals surface area contributed by atoms with Crippen LogP contribution in [0.2, 0.25) is 0 Å². The number of rotatable bonds is 6. The second-order valence-electron chi connectivity index (χ2n) is 6.76. The zero-order chi connectivity index (χ0) is 27.8. The van der Waals surface area contributed by atoms with E-state index in [-0.39, 0.29) is 22.9 Å².